The van der Waals surface area contributed by atoms with E-state index in [1.165, 1.54) is 6.33 Å². The van der Waals surface area contributed by atoms with Crippen molar-refractivity contribution < 1.29 is 4.79 Å². The Kier molecular flexibility index (Phi) is 4.00. The second-order valence-electron chi connectivity index (χ2n) is 5.53. The molecule has 0 bridgehead atoms. The van der Waals surface area contributed by atoms with Crippen LogP contribution in [0.4, 0.5) is 11.5 Å². The summed E-state index contributed by atoms with van der Waals surface area (Å²) in [6, 6.07) is 16.7. The highest BCUT2D eigenvalue weighted by molar-refractivity contribution is 5.94. The van der Waals surface area contributed by atoms with Gasteiger partial charge >= 0.3 is 0 Å². The Balaban J connectivity index is 1.67. The molecule has 4 rings (SSSR count). The lowest BCUT2D eigenvalue weighted by atomic mass is 10.2. The number of nitrogens with two attached hydrogens (primary N) is 1. The zero-order chi connectivity index (χ0) is 17.9. The highest BCUT2D eigenvalue weighted by atomic mass is 16.2. The Bertz CT molecular complexity index is 1060. The maximum atomic E-state index is 11.5. The minimum atomic E-state index is -0.342. The van der Waals surface area contributed by atoms with Gasteiger partial charge in [0.2, 0.25) is 0 Å². The number of fused-ring (bicyclic) bond motifs is 1. The predicted octanol–water partition coefficient (Wildman–Crippen LogP) is 2.16. The fourth-order valence-corrected chi connectivity index (χ4v) is 2.63. The second kappa shape index (κ2) is 6.61. The van der Waals surface area contributed by atoms with Gasteiger partial charge in [0.15, 0.2) is 5.65 Å². The van der Waals surface area contributed by atoms with Crippen molar-refractivity contribution in [3.05, 3.63) is 72.7 Å². The number of anilines is 2. The number of aromatic nitrogens is 4. The summed E-state index contributed by atoms with van der Waals surface area (Å²) < 4.78 is 1.76. The number of hydrogen-bond donors (Lipinski definition) is 3. The lowest BCUT2D eigenvalue weighted by Crippen LogP contribution is -2.29. The van der Waals surface area contributed by atoms with Gasteiger partial charge in [0.1, 0.15) is 12.1 Å². The van der Waals surface area contributed by atoms with Crippen molar-refractivity contribution >= 4 is 28.4 Å². The van der Waals surface area contributed by atoms with Gasteiger partial charge in [-0.3, -0.25) is 10.2 Å². The molecular weight excluding hydrogens is 330 g/mol. The molecule has 0 spiro atoms. The minimum absolute atomic E-state index is 0.342. The summed E-state index contributed by atoms with van der Waals surface area (Å²) in [5.41, 5.74) is 4.98. The van der Waals surface area contributed by atoms with Crippen molar-refractivity contribution in [2.45, 2.75) is 0 Å². The molecule has 0 fully saturated rings. The third kappa shape index (κ3) is 2.85. The number of hydrogen-bond acceptors (Lipinski definition) is 6. The largest absolute Gasteiger partial charge is 0.340 e. The Morgan fingerprint density at radius 2 is 1.77 bits per heavy atom. The van der Waals surface area contributed by atoms with E-state index < -0.39 is 0 Å². The SMILES string of the molecule is NNC(=O)c1ccc(Nc2ncnc3c2cnn3-c2ccccc2)cc1. The van der Waals surface area contributed by atoms with Crippen LogP contribution < -0.4 is 16.6 Å². The number of hydrazine groups is 1. The first-order chi connectivity index (χ1) is 12.8. The fourth-order valence-electron chi connectivity index (χ4n) is 2.63. The highest BCUT2D eigenvalue weighted by Gasteiger charge is 2.11. The highest BCUT2D eigenvalue weighted by Crippen LogP contribution is 2.24. The van der Waals surface area contributed by atoms with Gasteiger partial charge in [-0.15, -0.1) is 0 Å². The fraction of sp³-hybridized carbons (Fsp3) is 0. The van der Waals surface area contributed by atoms with Crippen molar-refractivity contribution in [1.29, 1.82) is 0 Å². The molecule has 0 unspecified atom stereocenters. The summed E-state index contributed by atoms with van der Waals surface area (Å²) >= 11 is 0. The van der Waals surface area contributed by atoms with Crippen LogP contribution in [0.5, 0.6) is 0 Å². The van der Waals surface area contributed by atoms with Gasteiger partial charge in [0, 0.05) is 11.3 Å². The van der Waals surface area contributed by atoms with Gasteiger partial charge in [-0.05, 0) is 36.4 Å². The molecule has 8 nitrogen and oxygen atoms in total. The molecule has 2 aromatic heterocycles. The van der Waals surface area contributed by atoms with Crippen molar-refractivity contribution in [1.82, 2.24) is 25.2 Å². The molecule has 128 valence electrons. The van der Waals surface area contributed by atoms with E-state index in [1.807, 2.05) is 30.3 Å². The van der Waals surface area contributed by atoms with E-state index in [9.17, 15) is 4.79 Å². The zero-order valence-electron chi connectivity index (χ0n) is 13.6. The van der Waals surface area contributed by atoms with Gasteiger partial charge in [-0.25, -0.2) is 20.5 Å². The molecule has 0 saturated carbocycles. The Morgan fingerprint density at radius 3 is 2.50 bits per heavy atom. The third-order valence-electron chi connectivity index (χ3n) is 3.91. The number of carbonyl (C=O) groups is 1. The van der Waals surface area contributed by atoms with Gasteiger partial charge in [-0.1, -0.05) is 18.2 Å². The van der Waals surface area contributed by atoms with E-state index in [0.29, 0.717) is 17.0 Å². The summed E-state index contributed by atoms with van der Waals surface area (Å²) in [5, 5.41) is 8.44. The summed E-state index contributed by atoms with van der Waals surface area (Å²) in [6.45, 7) is 0. The van der Waals surface area contributed by atoms with Crippen LogP contribution in [0, 0.1) is 0 Å². The van der Waals surface area contributed by atoms with Crippen molar-refractivity contribution in [3.63, 3.8) is 0 Å². The molecule has 2 heterocycles. The molecule has 1 amide bonds. The third-order valence-corrected chi connectivity index (χ3v) is 3.91. The summed E-state index contributed by atoms with van der Waals surface area (Å²) in [7, 11) is 0. The average Bonchev–Trinajstić information content (AvgIpc) is 3.14. The minimum Gasteiger partial charge on any atom is -0.340 e. The molecule has 0 saturated heterocycles. The number of benzene rings is 2. The average molecular weight is 345 g/mol. The summed E-state index contributed by atoms with van der Waals surface area (Å²) in [4.78, 5) is 20.2. The maximum absolute atomic E-state index is 11.5. The lowest BCUT2D eigenvalue weighted by Gasteiger charge is -2.08. The first-order valence-electron chi connectivity index (χ1n) is 7.88. The monoisotopic (exact) mass is 345 g/mol. The number of para-hydroxylation sites is 1. The second-order valence-corrected chi connectivity index (χ2v) is 5.53. The predicted molar refractivity (Wildman–Crippen MR) is 98.0 cm³/mol. The molecular formula is C18H15N7O. The van der Waals surface area contributed by atoms with Crippen molar-refractivity contribution in [2.24, 2.45) is 5.84 Å². The van der Waals surface area contributed by atoms with E-state index in [2.05, 4.69) is 25.8 Å². The Labute approximate surface area is 148 Å². The molecule has 4 N–H and O–H groups in total. The molecule has 0 radical (unpaired) electrons. The van der Waals surface area contributed by atoms with E-state index in [1.54, 1.807) is 35.1 Å². The van der Waals surface area contributed by atoms with Crippen LogP contribution >= 0.6 is 0 Å². The normalized spacial score (nSPS) is 10.7. The topological polar surface area (TPSA) is 111 Å². The summed E-state index contributed by atoms with van der Waals surface area (Å²) in [6.07, 6.45) is 3.21. The van der Waals surface area contributed by atoms with Crippen LogP contribution in [0.2, 0.25) is 0 Å². The number of carbonyl (C=O) groups excluding carboxylic acids is 1. The number of rotatable bonds is 4. The van der Waals surface area contributed by atoms with Gasteiger partial charge in [-0.2, -0.15) is 5.10 Å². The Hall–Kier alpha value is -3.78. The van der Waals surface area contributed by atoms with E-state index in [0.717, 1.165) is 16.8 Å². The molecule has 0 aliphatic rings. The zero-order valence-corrected chi connectivity index (χ0v) is 13.6. The molecule has 8 heteroatoms. The molecule has 0 atom stereocenters. The molecule has 0 aliphatic heterocycles. The standard InChI is InChI=1S/C18H15N7O/c19-24-18(26)12-6-8-13(9-7-12)23-16-15-10-22-25(17(15)21-11-20-16)14-4-2-1-3-5-14/h1-11H,19H2,(H,24,26)(H,20,21,23). The van der Waals surface area contributed by atoms with Crippen LogP contribution in [0.25, 0.3) is 16.7 Å². The molecule has 26 heavy (non-hydrogen) atoms. The first kappa shape index (κ1) is 15.7. The quantitative estimate of drug-likeness (QED) is 0.297. The number of nitrogens with zero attached hydrogens (tertiary/aromatic N) is 4. The lowest BCUT2D eigenvalue weighted by molar-refractivity contribution is 0.0953. The van der Waals surface area contributed by atoms with Crippen molar-refractivity contribution in [2.75, 3.05) is 5.32 Å². The molecule has 0 aliphatic carbocycles. The van der Waals surface area contributed by atoms with E-state index in [4.69, 9.17) is 5.84 Å². The van der Waals surface area contributed by atoms with Gasteiger partial charge in [0.05, 0.1) is 17.3 Å². The number of nitrogen functional groups attached to an aromatic ring is 1. The van der Waals surface area contributed by atoms with Crippen molar-refractivity contribution in [3.8, 4) is 5.69 Å². The van der Waals surface area contributed by atoms with Crippen LogP contribution in [0.1, 0.15) is 10.4 Å². The van der Waals surface area contributed by atoms with E-state index in [-0.39, 0.29) is 5.91 Å². The molecule has 2 aromatic carbocycles. The van der Waals surface area contributed by atoms with Crippen LogP contribution in [-0.2, 0) is 0 Å². The smallest absolute Gasteiger partial charge is 0.265 e. The van der Waals surface area contributed by atoms with Crippen LogP contribution in [0.15, 0.2) is 67.1 Å². The van der Waals surface area contributed by atoms with Crippen LogP contribution in [-0.4, -0.2) is 25.7 Å². The number of nitrogens with one attached hydrogen (secondary N) is 2. The van der Waals surface area contributed by atoms with Gasteiger partial charge < -0.3 is 5.32 Å². The first-order valence-corrected chi connectivity index (χ1v) is 7.88. The molecule has 4 aromatic rings. The maximum Gasteiger partial charge on any atom is 0.265 e. The van der Waals surface area contributed by atoms with E-state index >= 15 is 0 Å². The van der Waals surface area contributed by atoms with Crippen LogP contribution in [0.3, 0.4) is 0 Å². The summed E-state index contributed by atoms with van der Waals surface area (Å²) in [5.74, 6) is 5.43. The van der Waals surface area contributed by atoms with Gasteiger partial charge in [0.25, 0.3) is 5.91 Å². The Morgan fingerprint density at radius 1 is 1.00 bits per heavy atom. The number of amides is 1.